The Morgan fingerprint density at radius 1 is 1.31 bits per heavy atom. The first-order valence-electron chi connectivity index (χ1n) is 4.99. The van der Waals surface area contributed by atoms with E-state index in [-0.39, 0.29) is 0 Å². The molecule has 13 heavy (non-hydrogen) atoms. The van der Waals surface area contributed by atoms with Crippen molar-refractivity contribution in [1.82, 2.24) is 0 Å². The second kappa shape index (κ2) is 3.51. The smallest absolute Gasteiger partial charge is 0.0433 e. The zero-order chi connectivity index (χ0) is 9.26. The maximum Gasteiger partial charge on any atom is 0.0433 e. The number of aliphatic hydroxyl groups excluding tert-OH is 1. The van der Waals surface area contributed by atoms with Gasteiger partial charge >= 0.3 is 0 Å². The molecule has 70 valence electrons. The molecule has 1 nitrogen and oxygen atoms in total. The van der Waals surface area contributed by atoms with Gasteiger partial charge in [-0.3, -0.25) is 0 Å². The molecule has 1 aliphatic carbocycles. The fourth-order valence-corrected chi connectivity index (χ4v) is 2.22. The molecular formula is C12H16O. The van der Waals surface area contributed by atoms with Crippen LogP contribution in [0.2, 0.25) is 0 Å². The minimum absolute atomic E-state index is 0.331. The van der Waals surface area contributed by atoms with Gasteiger partial charge in [0.25, 0.3) is 0 Å². The molecule has 0 radical (unpaired) electrons. The van der Waals surface area contributed by atoms with Crippen LogP contribution in [0.4, 0.5) is 0 Å². The van der Waals surface area contributed by atoms with Gasteiger partial charge in [-0.2, -0.15) is 0 Å². The summed E-state index contributed by atoms with van der Waals surface area (Å²) in [5, 5.41) is 8.86. The highest BCUT2D eigenvalue weighted by molar-refractivity contribution is 5.35. The lowest BCUT2D eigenvalue weighted by atomic mass is 10.0. The van der Waals surface area contributed by atoms with Crippen LogP contribution in [0.25, 0.3) is 0 Å². The number of aryl methyl sites for hydroxylation is 1. The molecule has 0 bridgehead atoms. The zero-order valence-corrected chi connectivity index (χ0v) is 8.09. The lowest BCUT2D eigenvalue weighted by Gasteiger charge is -2.03. The number of benzene rings is 1. The van der Waals surface area contributed by atoms with Crippen molar-refractivity contribution in [3.05, 3.63) is 34.9 Å². The Morgan fingerprint density at radius 3 is 2.85 bits per heavy atom. The minimum atomic E-state index is 0.331. The Hall–Kier alpha value is -0.820. The van der Waals surface area contributed by atoms with Crippen molar-refractivity contribution in [2.75, 3.05) is 6.61 Å². The summed E-state index contributed by atoms with van der Waals surface area (Å²) in [4.78, 5) is 0. The van der Waals surface area contributed by atoms with Gasteiger partial charge in [-0.05, 0) is 43.2 Å². The van der Waals surface area contributed by atoms with Gasteiger partial charge < -0.3 is 5.11 Å². The highest BCUT2D eigenvalue weighted by Gasteiger charge is 2.20. The molecule has 0 heterocycles. The quantitative estimate of drug-likeness (QED) is 0.731. The minimum Gasteiger partial charge on any atom is -0.396 e. The normalized spacial score (nSPS) is 20.3. The van der Waals surface area contributed by atoms with Crippen molar-refractivity contribution in [1.29, 1.82) is 0 Å². The Labute approximate surface area is 79.4 Å². The van der Waals surface area contributed by atoms with Gasteiger partial charge in [0.15, 0.2) is 0 Å². The fourth-order valence-electron chi connectivity index (χ4n) is 2.22. The van der Waals surface area contributed by atoms with Gasteiger partial charge in [-0.15, -0.1) is 0 Å². The molecular weight excluding hydrogens is 160 g/mol. The average molecular weight is 176 g/mol. The maximum atomic E-state index is 8.86. The Balaban J connectivity index is 2.16. The highest BCUT2D eigenvalue weighted by Crippen LogP contribution is 2.29. The van der Waals surface area contributed by atoms with E-state index in [9.17, 15) is 0 Å². The molecule has 1 aromatic rings. The van der Waals surface area contributed by atoms with Gasteiger partial charge in [0.1, 0.15) is 0 Å². The Morgan fingerprint density at radius 2 is 2.08 bits per heavy atom. The summed E-state index contributed by atoms with van der Waals surface area (Å²) in [6.07, 6.45) is 3.28. The number of rotatable bonds is 2. The Bertz CT molecular complexity index is 304. The number of aliphatic hydroxyl groups is 1. The number of fused-ring (bicyclic) bond motifs is 1. The molecule has 0 saturated carbocycles. The number of hydrogen-bond acceptors (Lipinski definition) is 1. The van der Waals surface area contributed by atoms with Gasteiger partial charge in [0.2, 0.25) is 0 Å². The largest absolute Gasteiger partial charge is 0.396 e. The highest BCUT2D eigenvalue weighted by atomic mass is 16.3. The molecule has 1 heteroatoms. The number of hydrogen-bond donors (Lipinski definition) is 1. The lowest BCUT2D eigenvalue weighted by Crippen LogP contribution is -2.01. The predicted molar refractivity (Wildman–Crippen MR) is 53.8 cm³/mol. The van der Waals surface area contributed by atoms with Crippen LogP contribution in [-0.2, 0) is 12.8 Å². The van der Waals surface area contributed by atoms with E-state index < -0.39 is 0 Å². The van der Waals surface area contributed by atoms with Crippen LogP contribution in [-0.4, -0.2) is 11.7 Å². The van der Waals surface area contributed by atoms with Gasteiger partial charge in [0, 0.05) is 6.61 Å². The van der Waals surface area contributed by atoms with Crippen LogP contribution >= 0.6 is 0 Å². The van der Waals surface area contributed by atoms with Gasteiger partial charge in [0.05, 0.1) is 0 Å². The summed E-state index contributed by atoms with van der Waals surface area (Å²) in [6.45, 7) is 2.47. The molecule has 0 aliphatic heterocycles. The summed E-state index contributed by atoms with van der Waals surface area (Å²) in [7, 11) is 0. The SMILES string of the molecule is Cc1ccc2c(c1)CC(CCO)C2. The van der Waals surface area contributed by atoms with E-state index in [1.807, 2.05) is 0 Å². The van der Waals surface area contributed by atoms with Crippen LogP contribution in [0, 0.1) is 12.8 Å². The second-order valence-electron chi connectivity index (χ2n) is 4.06. The third kappa shape index (κ3) is 1.75. The molecule has 1 atom stereocenters. The molecule has 1 aromatic carbocycles. The van der Waals surface area contributed by atoms with E-state index in [1.54, 1.807) is 0 Å². The summed E-state index contributed by atoms with van der Waals surface area (Å²) < 4.78 is 0. The third-order valence-corrected chi connectivity index (χ3v) is 2.92. The maximum absolute atomic E-state index is 8.86. The molecule has 0 amide bonds. The fraction of sp³-hybridized carbons (Fsp3) is 0.500. The van der Waals surface area contributed by atoms with Crippen LogP contribution in [0.15, 0.2) is 18.2 Å². The van der Waals surface area contributed by atoms with Crippen molar-refractivity contribution in [2.45, 2.75) is 26.2 Å². The molecule has 2 rings (SSSR count). The monoisotopic (exact) mass is 176 g/mol. The van der Waals surface area contributed by atoms with Gasteiger partial charge in [-0.25, -0.2) is 0 Å². The lowest BCUT2D eigenvalue weighted by molar-refractivity contribution is 0.259. The Kier molecular flexibility index (Phi) is 2.36. The third-order valence-electron chi connectivity index (χ3n) is 2.92. The van der Waals surface area contributed by atoms with E-state index >= 15 is 0 Å². The predicted octanol–water partition coefficient (Wildman–Crippen LogP) is 2.09. The van der Waals surface area contributed by atoms with Crippen molar-refractivity contribution in [3.63, 3.8) is 0 Å². The van der Waals surface area contributed by atoms with Crippen LogP contribution in [0.3, 0.4) is 0 Å². The topological polar surface area (TPSA) is 20.2 Å². The standard InChI is InChI=1S/C12H16O/c1-9-2-3-11-7-10(4-5-13)8-12(11)6-9/h2-3,6,10,13H,4-5,7-8H2,1H3. The second-order valence-corrected chi connectivity index (χ2v) is 4.06. The van der Waals surface area contributed by atoms with Gasteiger partial charge in [-0.1, -0.05) is 23.8 Å². The van der Waals surface area contributed by atoms with Crippen molar-refractivity contribution < 1.29 is 5.11 Å². The van der Waals surface area contributed by atoms with Crippen molar-refractivity contribution in [2.24, 2.45) is 5.92 Å². The first kappa shape index (κ1) is 8.76. The van der Waals surface area contributed by atoms with E-state index in [1.165, 1.54) is 16.7 Å². The summed E-state index contributed by atoms with van der Waals surface area (Å²) >= 11 is 0. The molecule has 0 saturated heterocycles. The van der Waals surface area contributed by atoms with E-state index in [0.29, 0.717) is 12.5 Å². The van der Waals surface area contributed by atoms with Crippen LogP contribution in [0.5, 0.6) is 0 Å². The molecule has 0 spiro atoms. The molecule has 1 aliphatic rings. The van der Waals surface area contributed by atoms with E-state index in [4.69, 9.17) is 5.11 Å². The summed E-state index contributed by atoms with van der Waals surface area (Å²) in [5.41, 5.74) is 4.34. The average Bonchev–Trinajstić information content (AvgIpc) is 2.46. The molecule has 1 N–H and O–H groups in total. The van der Waals surface area contributed by atoms with E-state index in [2.05, 4.69) is 25.1 Å². The van der Waals surface area contributed by atoms with E-state index in [0.717, 1.165) is 19.3 Å². The van der Waals surface area contributed by atoms with Crippen LogP contribution < -0.4 is 0 Å². The first-order valence-corrected chi connectivity index (χ1v) is 4.99. The molecule has 0 aromatic heterocycles. The zero-order valence-electron chi connectivity index (χ0n) is 8.09. The molecule has 1 unspecified atom stereocenters. The molecule has 0 fully saturated rings. The summed E-state index contributed by atoms with van der Waals surface area (Å²) in [6, 6.07) is 6.70. The van der Waals surface area contributed by atoms with Crippen LogP contribution in [0.1, 0.15) is 23.1 Å². The van der Waals surface area contributed by atoms with Crippen molar-refractivity contribution >= 4 is 0 Å². The first-order chi connectivity index (χ1) is 6.29. The summed E-state index contributed by atoms with van der Waals surface area (Å²) in [5.74, 6) is 0.682. The van der Waals surface area contributed by atoms with Crippen molar-refractivity contribution in [3.8, 4) is 0 Å².